The van der Waals surface area contributed by atoms with Crippen LogP contribution in [0.25, 0.3) is 0 Å². The third-order valence-corrected chi connectivity index (χ3v) is 4.44. The zero-order valence-electron chi connectivity index (χ0n) is 13.7. The quantitative estimate of drug-likeness (QED) is 0.845. The number of aryl methyl sites for hydroxylation is 1. The van der Waals surface area contributed by atoms with Crippen molar-refractivity contribution in [3.8, 4) is 5.75 Å². The SMILES string of the molecule is CC[C@H](Oc1cccc(C)c1C)C(=O)N1CCC[C@@H](C)C1. The molecule has 1 amide bonds. The lowest BCUT2D eigenvalue weighted by Gasteiger charge is -2.33. The molecule has 1 fully saturated rings. The minimum absolute atomic E-state index is 0.143. The summed E-state index contributed by atoms with van der Waals surface area (Å²) in [4.78, 5) is 14.7. The summed E-state index contributed by atoms with van der Waals surface area (Å²) in [6.45, 7) is 10.1. The summed E-state index contributed by atoms with van der Waals surface area (Å²) >= 11 is 0. The number of amides is 1. The van der Waals surface area contributed by atoms with E-state index in [4.69, 9.17) is 4.74 Å². The van der Waals surface area contributed by atoms with Crippen LogP contribution in [-0.2, 0) is 4.79 Å². The van der Waals surface area contributed by atoms with E-state index < -0.39 is 0 Å². The molecule has 2 atom stereocenters. The van der Waals surface area contributed by atoms with Crippen molar-refractivity contribution in [1.29, 1.82) is 0 Å². The molecular formula is C18H27NO2. The van der Waals surface area contributed by atoms with Crippen molar-refractivity contribution in [2.75, 3.05) is 13.1 Å². The summed E-state index contributed by atoms with van der Waals surface area (Å²) in [7, 11) is 0. The van der Waals surface area contributed by atoms with Gasteiger partial charge in [-0.05, 0) is 56.2 Å². The van der Waals surface area contributed by atoms with E-state index in [-0.39, 0.29) is 12.0 Å². The van der Waals surface area contributed by atoms with Gasteiger partial charge in [-0.25, -0.2) is 0 Å². The van der Waals surface area contributed by atoms with Crippen molar-refractivity contribution in [3.05, 3.63) is 29.3 Å². The number of nitrogens with zero attached hydrogens (tertiary/aromatic N) is 1. The highest BCUT2D eigenvalue weighted by Crippen LogP contribution is 2.24. The van der Waals surface area contributed by atoms with Crippen molar-refractivity contribution >= 4 is 5.91 Å². The molecule has 1 aromatic carbocycles. The van der Waals surface area contributed by atoms with Crippen LogP contribution in [0.1, 0.15) is 44.2 Å². The first-order valence-corrected chi connectivity index (χ1v) is 8.04. The maximum Gasteiger partial charge on any atom is 0.263 e. The molecule has 3 heteroatoms. The van der Waals surface area contributed by atoms with Crippen LogP contribution < -0.4 is 4.74 Å². The Morgan fingerprint density at radius 3 is 2.86 bits per heavy atom. The van der Waals surface area contributed by atoms with Crippen molar-refractivity contribution < 1.29 is 9.53 Å². The number of piperidine rings is 1. The van der Waals surface area contributed by atoms with E-state index in [9.17, 15) is 4.79 Å². The van der Waals surface area contributed by atoms with Gasteiger partial charge in [-0.3, -0.25) is 4.79 Å². The molecule has 1 heterocycles. The van der Waals surface area contributed by atoms with Crippen LogP contribution in [-0.4, -0.2) is 30.0 Å². The molecule has 0 saturated carbocycles. The number of carbonyl (C=O) groups is 1. The van der Waals surface area contributed by atoms with E-state index in [2.05, 4.69) is 19.9 Å². The van der Waals surface area contributed by atoms with Gasteiger partial charge in [0.1, 0.15) is 5.75 Å². The van der Waals surface area contributed by atoms with E-state index in [1.165, 1.54) is 12.0 Å². The van der Waals surface area contributed by atoms with Gasteiger partial charge in [0.25, 0.3) is 5.91 Å². The van der Waals surface area contributed by atoms with Gasteiger partial charge in [-0.15, -0.1) is 0 Å². The van der Waals surface area contributed by atoms with E-state index in [1.807, 2.05) is 30.9 Å². The topological polar surface area (TPSA) is 29.5 Å². The highest BCUT2D eigenvalue weighted by molar-refractivity contribution is 5.81. The molecule has 3 nitrogen and oxygen atoms in total. The fourth-order valence-corrected chi connectivity index (χ4v) is 2.91. The number of likely N-dealkylation sites (tertiary alicyclic amines) is 1. The lowest BCUT2D eigenvalue weighted by Crippen LogP contribution is -2.46. The molecule has 2 rings (SSSR count). The zero-order chi connectivity index (χ0) is 15.4. The first-order valence-electron chi connectivity index (χ1n) is 8.04. The Hall–Kier alpha value is -1.51. The molecular weight excluding hydrogens is 262 g/mol. The zero-order valence-corrected chi connectivity index (χ0v) is 13.7. The Kier molecular flexibility index (Phi) is 5.27. The second kappa shape index (κ2) is 6.97. The molecule has 0 aliphatic carbocycles. The fourth-order valence-electron chi connectivity index (χ4n) is 2.91. The molecule has 0 radical (unpaired) electrons. The fraction of sp³-hybridized carbons (Fsp3) is 0.611. The second-order valence-electron chi connectivity index (χ2n) is 6.24. The Labute approximate surface area is 128 Å². The van der Waals surface area contributed by atoms with E-state index in [0.29, 0.717) is 12.3 Å². The Bertz CT molecular complexity index is 498. The van der Waals surface area contributed by atoms with Crippen molar-refractivity contribution in [2.24, 2.45) is 5.92 Å². The predicted octanol–water partition coefficient (Wildman–Crippen LogP) is 3.72. The Balaban J connectivity index is 2.08. The van der Waals surface area contributed by atoms with Crippen LogP contribution in [0.2, 0.25) is 0 Å². The number of carbonyl (C=O) groups excluding carboxylic acids is 1. The predicted molar refractivity (Wildman–Crippen MR) is 85.6 cm³/mol. The number of hydrogen-bond acceptors (Lipinski definition) is 2. The third-order valence-electron chi connectivity index (χ3n) is 4.44. The lowest BCUT2D eigenvalue weighted by molar-refractivity contribution is -0.140. The number of hydrogen-bond donors (Lipinski definition) is 0. The van der Waals surface area contributed by atoms with Gasteiger partial charge in [0.05, 0.1) is 0 Å². The molecule has 1 aliphatic heterocycles. The molecule has 0 aromatic heterocycles. The molecule has 1 aliphatic rings. The van der Waals surface area contributed by atoms with Crippen LogP contribution >= 0.6 is 0 Å². The van der Waals surface area contributed by atoms with Crippen molar-refractivity contribution in [2.45, 2.75) is 53.1 Å². The summed E-state index contributed by atoms with van der Waals surface area (Å²) in [5, 5.41) is 0. The Morgan fingerprint density at radius 2 is 2.19 bits per heavy atom. The molecule has 1 saturated heterocycles. The van der Waals surface area contributed by atoms with Gasteiger partial charge >= 0.3 is 0 Å². The molecule has 1 aromatic rings. The minimum atomic E-state index is -0.365. The molecule has 0 bridgehead atoms. The Morgan fingerprint density at radius 1 is 1.43 bits per heavy atom. The van der Waals surface area contributed by atoms with Gasteiger partial charge in [-0.1, -0.05) is 26.0 Å². The minimum Gasteiger partial charge on any atom is -0.480 e. The largest absolute Gasteiger partial charge is 0.480 e. The van der Waals surface area contributed by atoms with Crippen LogP contribution in [0.4, 0.5) is 0 Å². The van der Waals surface area contributed by atoms with Gasteiger partial charge in [0.15, 0.2) is 6.10 Å². The van der Waals surface area contributed by atoms with Crippen LogP contribution in [0.15, 0.2) is 18.2 Å². The van der Waals surface area contributed by atoms with Crippen LogP contribution in [0, 0.1) is 19.8 Å². The molecule has 0 N–H and O–H groups in total. The highest BCUT2D eigenvalue weighted by Gasteiger charge is 2.28. The summed E-state index contributed by atoms with van der Waals surface area (Å²) < 4.78 is 6.03. The number of rotatable bonds is 4. The average molecular weight is 289 g/mol. The third kappa shape index (κ3) is 3.78. The van der Waals surface area contributed by atoms with Crippen molar-refractivity contribution in [1.82, 2.24) is 4.90 Å². The maximum atomic E-state index is 12.7. The average Bonchev–Trinajstić information content (AvgIpc) is 2.48. The monoisotopic (exact) mass is 289 g/mol. The first kappa shape index (κ1) is 15.9. The highest BCUT2D eigenvalue weighted by atomic mass is 16.5. The van der Waals surface area contributed by atoms with Gasteiger partial charge in [-0.2, -0.15) is 0 Å². The molecule has 116 valence electrons. The smallest absolute Gasteiger partial charge is 0.263 e. The molecule has 0 spiro atoms. The molecule has 0 unspecified atom stereocenters. The van der Waals surface area contributed by atoms with Crippen LogP contribution in [0.3, 0.4) is 0 Å². The standard InChI is InChI=1S/C18H27NO2/c1-5-16(18(20)19-11-7-8-13(2)12-19)21-17-10-6-9-14(3)15(17)4/h6,9-10,13,16H,5,7-8,11-12H2,1-4H3/t13-,16+/m1/s1. The van der Waals surface area contributed by atoms with Crippen molar-refractivity contribution in [3.63, 3.8) is 0 Å². The summed E-state index contributed by atoms with van der Waals surface area (Å²) in [6.07, 6.45) is 2.67. The molecule has 21 heavy (non-hydrogen) atoms. The normalized spacial score (nSPS) is 20.2. The lowest BCUT2D eigenvalue weighted by atomic mass is 9.99. The maximum absolute atomic E-state index is 12.7. The summed E-state index contributed by atoms with van der Waals surface area (Å²) in [6, 6.07) is 6.01. The number of ether oxygens (including phenoxy) is 1. The van der Waals surface area contributed by atoms with E-state index in [1.54, 1.807) is 0 Å². The van der Waals surface area contributed by atoms with Gasteiger partial charge < -0.3 is 9.64 Å². The summed E-state index contributed by atoms with van der Waals surface area (Å²) in [5.74, 6) is 1.58. The second-order valence-corrected chi connectivity index (χ2v) is 6.24. The first-order chi connectivity index (χ1) is 10.0. The van der Waals surface area contributed by atoms with Gasteiger partial charge in [0.2, 0.25) is 0 Å². The van der Waals surface area contributed by atoms with E-state index in [0.717, 1.165) is 30.8 Å². The number of benzene rings is 1. The van der Waals surface area contributed by atoms with Crippen LogP contribution in [0.5, 0.6) is 5.75 Å². The summed E-state index contributed by atoms with van der Waals surface area (Å²) in [5.41, 5.74) is 2.32. The van der Waals surface area contributed by atoms with Gasteiger partial charge in [0, 0.05) is 13.1 Å². The van der Waals surface area contributed by atoms with E-state index >= 15 is 0 Å².